The average molecular weight is 429 g/mol. The summed E-state index contributed by atoms with van der Waals surface area (Å²) in [5, 5.41) is 2.79. The van der Waals surface area contributed by atoms with Gasteiger partial charge in [-0.05, 0) is 53.8 Å². The lowest BCUT2D eigenvalue weighted by Crippen LogP contribution is -2.14. The second-order valence-corrected chi connectivity index (χ2v) is 6.70. The molecule has 2 aromatic carbocycles. The fourth-order valence-electron chi connectivity index (χ4n) is 1.73. The first-order chi connectivity index (χ1) is 10.5. The van der Waals surface area contributed by atoms with E-state index in [0.717, 1.165) is 21.0 Å². The molecule has 1 amide bonds. The normalized spacial score (nSPS) is 10.3. The molecular formula is C16H13FINO2S. The summed E-state index contributed by atoms with van der Waals surface area (Å²) < 4.78 is 14.8. The molecule has 0 saturated carbocycles. The van der Waals surface area contributed by atoms with Gasteiger partial charge in [-0.15, -0.1) is 11.8 Å². The van der Waals surface area contributed by atoms with Gasteiger partial charge in [0.05, 0.1) is 11.4 Å². The molecule has 0 fully saturated rings. The van der Waals surface area contributed by atoms with Crippen LogP contribution in [0.1, 0.15) is 17.3 Å². The summed E-state index contributed by atoms with van der Waals surface area (Å²) in [5.41, 5.74) is 1.06. The fraction of sp³-hybridized carbons (Fsp3) is 0.125. The topological polar surface area (TPSA) is 46.2 Å². The SMILES string of the molecule is CC(=O)c1ccc(SCC(=O)Nc2ccccc2I)c(F)c1. The molecule has 22 heavy (non-hydrogen) atoms. The Balaban J connectivity index is 1.97. The standard InChI is InChI=1S/C16H13FINO2S/c1-10(20)11-6-7-15(12(17)8-11)22-9-16(21)19-14-5-3-2-4-13(14)18/h2-8H,9H2,1H3,(H,19,21). The summed E-state index contributed by atoms with van der Waals surface area (Å²) in [4.78, 5) is 23.4. The molecule has 2 rings (SSSR count). The monoisotopic (exact) mass is 429 g/mol. The summed E-state index contributed by atoms with van der Waals surface area (Å²) in [6, 6.07) is 11.7. The van der Waals surface area contributed by atoms with Crippen LogP contribution < -0.4 is 5.32 Å². The summed E-state index contributed by atoms with van der Waals surface area (Å²) in [6.45, 7) is 1.39. The Bertz CT molecular complexity index is 721. The van der Waals surface area contributed by atoms with Gasteiger partial charge < -0.3 is 5.32 Å². The third-order valence-electron chi connectivity index (χ3n) is 2.85. The fourth-order valence-corrected chi connectivity index (χ4v) is 2.97. The highest BCUT2D eigenvalue weighted by Gasteiger charge is 2.10. The number of benzene rings is 2. The van der Waals surface area contributed by atoms with E-state index in [1.54, 1.807) is 6.07 Å². The number of anilines is 1. The molecule has 1 N–H and O–H groups in total. The van der Waals surface area contributed by atoms with E-state index in [-0.39, 0.29) is 17.4 Å². The van der Waals surface area contributed by atoms with E-state index in [9.17, 15) is 14.0 Å². The molecule has 0 saturated heterocycles. The number of carbonyl (C=O) groups is 2. The van der Waals surface area contributed by atoms with Gasteiger partial charge in [-0.1, -0.05) is 18.2 Å². The van der Waals surface area contributed by atoms with Gasteiger partial charge >= 0.3 is 0 Å². The van der Waals surface area contributed by atoms with Crippen LogP contribution >= 0.6 is 34.4 Å². The van der Waals surface area contributed by atoms with E-state index in [4.69, 9.17) is 0 Å². The number of hydrogen-bond acceptors (Lipinski definition) is 3. The molecular weight excluding hydrogens is 416 g/mol. The maximum absolute atomic E-state index is 13.8. The second-order valence-electron chi connectivity index (χ2n) is 4.52. The Morgan fingerprint density at radius 3 is 2.59 bits per heavy atom. The summed E-state index contributed by atoms with van der Waals surface area (Å²) in [5.74, 6) is -0.780. The molecule has 0 spiro atoms. The number of Topliss-reactive ketones (excluding diaryl/α,β-unsaturated/α-hetero) is 1. The molecule has 0 radical (unpaired) electrons. The first kappa shape index (κ1) is 17.0. The number of amides is 1. The van der Waals surface area contributed by atoms with Crippen LogP contribution in [-0.4, -0.2) is 17.4 Å². The number of ketones is 1. The molecule has 0 aliphatic heterocycles. The number of para-hydroxylation sites is 1. The first-order valence-electron chi connectivity index (χ1n) is 6.45. The van der Waals surface area contributed by atoms with E-state index in [1.165, 1.54) is 19.1 Å². The molecule has 0 aliphatic rings. The number of carbonyl (C=O) groups excluding carboxylic acids is 2. The van der Waals surface area contributed by atoms with Crippen LogP contribution in [0, 0.1) is 9.39 Å². The largest absolute Gasteiger partial charge is 0.324 e. The number of nitrogens with one attached hydrogen (secondary N) is 1. The summed E-state index contributed by atoms with van der Waals surface area (Å²) in [7, 11) is 0. The minimum atomic E-state index is -0.486. The maximum Gasteiger partial charge on any atom is 0.234 e. The van der Waals surface area contributed by atoms with E-state index in [1.807, 2.05) is 24.3 Å². The van der Waals surface area contributed by atoms with Crippen molar-refractivity contribution in [2.24, 2.45) is 0 Å². The van der Waals surface area contributed by atoms with Crippen molar-refractivity contribution < 1.29 is 14.0 Å². The van der Waals surface area contributed by atoms with Crippen molar-refractivity contribution >= 4 is 51.7 Å². The highest BCUT2D eigenvalue weighted by molar-refractivity contribution is 14.1. The molecule has 0 heterocycles. The van der Waals surface area contributed by atoms with Gasteiger partial charge in [0.15, 0.2) is 5.78 Å². The van der Waals surface area contributed by atoms with Gasteiger partial charge in [-0.25, -0.2) is 4.39 Å². The zero-order valence-corrected chi connectivity index (χ0v) is 14.7. The number of halogens is 2. The minimum absolute atomic E-state index is 0.0985. The highest BCUT2D eigenvalue weighted by Crippen LogP contribution is 2.24. The van der Waals surface area contributed by atoms with Crippen molar-refractivity contribution in [3.8, 4) is 0 Å². The zero-order valence-electron chi connectivity index (χ0n) is 11.7. The van der Waals surface area contributed by atoms with Gasteiger partial charge in [-0.2, -0.15) is 0 Å². The maximum atomic E-state index is 13.8. The number of hydrogen-bond donors (Lipinski definition) is 1. The number of rotatable bonds is 5. The van der Waals surface area contributed by atoms with Crippen LogP contribution in [0.3, 0.4) is 0 Å². The van der Waals surface area contributed by atoms with E-state index in [0.29, 0.717) is 10.5 Å². The molecule has 0 unspecified atom stereocenters. The Labute approximate surface area is 145 Å². The molecule has 0 aromatic heterocycles. The molecule has 0 atom stereocenters. The van der Waals surface area contributed by atoms with Crippen LogP contribution in [0.2, 0.25) is 0 Å². The molecule has 2 aromatic rings. The van der Waals surface area contributed by atoms with E-state index < -0.39 is 5.82 Å². The average Bonchev–Trinajstić information content (AvgIpc) is 2.48. The number of thioether (sulfide) groups is 1. The molecule has 6 heteroatoms. The summed E-state index contributed by atoms with van der Waals surface area (Å²) >= 11 is 3.24. The van der Waals surface area contributed by atoms with Gasteiger partial charge in [0, 0.05) is 14.0 Å². The smallest absolute Gasteiger partial charge is 0.234 e. The van der Waals surface area contributed by atoms with Crippen molar-refractivity contribution in [3.63, 3.8) is 0 Å². The van der Waals surface area contributed by atoms with Crippen LogP contribution in [-0.2, 0) is 4.79 Å². The zero-order chi connectivity index (χ0) is 16.1. The quantitative estimate of drug-likeness (QED) is 0.437. The van der Waals surface area contributed by atoms with Gasteiger partial charge in [0.2, 0.25) is 5.91 Å². The van der Waals surface area contributed by atoms with Gasteiger partial charge in [-0.3, -0.25) is 9.59 Å². The van der Waals surface area contributed by atoms with Crippen LogP contribution in [0.15, 0.2) is 47.4 Å². The Kier molecular flexibility index (Phi) is 5.96. The predicted octanol–water partition coefficient (Wildman–Crippen LogP) is 4.36. The molecule has 0 aliphatic carbocycles. The van der Waals surface area contributed by atoms with E-state index in [2.05, 4.69) is 27.9 Å². The molecule has 114 valence electrons. The van der Waals surface area contributed by atoms with Crippen molar-refractivity contribution in [2.75, 3.05) is 11.1 Å². The Morgan fingerprint density at radius 2 is 1.95 bits per heavy atom. The third kappa shape index (κ3) is 4.54. The minimum Gasteiger partial charge on any atom is -0.324 e. The van der Waals surface area contributed by atoms with Gasteiger partial charge in [0.25, 0.3) is 0 Å². The van der Waals surface area contributed by atoms with Crippen molar-refractivity contribution in [3.05, 3.63) is 57.4 Å². The Morgan fingerprint density at radius 1 is 1.23 bits per heavy atom. The van der Waals surface area contributed by atoms with Crippen LogP contribution in [0.4, 0.5) is 10.1 Å². The lowest BCUT2D eigenvalue weighted by molar-refractivity contribution is -0.113. The van der Waals surface area contributed by atoms with Crippen molar-refractivity contribution in [2.45, 2.75) is 11.8 Å². The predicted molar refractivity (Wildman–Crippen MR) is 94.9 cm³/mol. The highest BCUT2D eigenvalue weighted by atomic mass is 127. The summed E-state index contributed by atoms with van der Waals surface area (Å²) in [6.07, 6.45) is 0. The first-order valence-corrected chi connectivity index (χ1v) is 8.51. The van der Waals surface area contributed by atoms with E-state index >= 15 is 0 Å². The lowest BCUT2D eigenvalue weighted by Gasteiger charge is -2.08. The Hall–Kier alpha value is -1.41. The molecule has 0 bridgehead atoms. The third-order valence-corrected chi connectivity index (χ3v) is 4.83. The van der Waals surface area contributed by atoms with Crippen LogP contribution in [0.25, 0.3) is 0 Å². The van der Waals surface area contributed by atoms with Crippen molar-refractivity contribution in [1.82, 2.24) is 0 Å². The van der Waals surface area contributed by atoms with Crippen LogP contribution in [0.5, 0.6) is 0 Å². The van der Waals surface area contributed by atoms with Gasteiger partial charge in [0.1, 0.15) is 5.82 Å². The lowest BCUT2D eigenvalue weighted by atomic mass is 10.1. The second kappa shape index (κ2) is 7.73. The molecule has 3 nitrogen and oxygen atoms in total. The van der Waals surface area contributed by atoms with Crippen molar-refractivity contribution in [1.29, 1.82) is 0 Å².